The quantitative estimate of drug-likeness (QED) is 0.314. The number of aliphatic imine (C=N–C) groups is 1. The first kappa shape index (κ1) is 20.2. The highest BCUT2D eigenvalue weighted by Crippen LogP contribution is 2.10. The Morgan fingerprint density at radius 3 is 2.71 bits per heavy atom. The minimum atomic E-state index is 0. The van der Waals surface area contributed by atoms with Gasteiger partial charge in [0, 0.05) is 19.8 Å². The van der Waals surface area contributed by atoms with Gasteiger partial charge in [-0.1, -0.05) is 23.8 Å². The third kappa shape index (κ3) is 6.74. The lowest BCUT2D eigenvalue weighted by Crippen LogP contribution is -2.39. The maximum Gasteiger partial charge on any atom is 0.191 e. The van der Waals surface area contributed by atoms with Gasteiger partial charge >= 0.3 is 0 Å². The fraction of sp³-hybridized carbons (Fsp3) is 0.333. The third-order valence-electron chi connectivity index (χ3n) is 3.47. The van der Waals surface area contributed by atoms with Crippen molar-refractivity contribution in [1.82, 2.24) is 15.6 Å². The number of aromatic nitrogens is 1. The van der Waals surface area contributed by atoms with Gasteiger partial charge in [-0.2, -0.15) is 0 Å². The van der Waals surface area contributed by atoms with E-state index in [-0.39, 0.29) is 24.0 Å². The number of ether oxygens (including phenoxy) is 1. The summed E-state index contributed by atoms with van der Waals surface area (Å²) in [6.07, 6.45) is 3.43. The molecule has 2 aromatic rings. The summed E-state index contributed by atoms with van der Waals surface area (Å²) in [6.45, 7) is 6.20. The molecule has 0 fully saturated rings. The molecule has 2 rings (SSSR count). The maximum absolute atomic E-state index is 5.59. The van der Waals surface area contributed by atoms with Crippen molar-refractivity contribution >= 4 is 29.9 Å². The molecule has 0 aliphatic carbocycles. The first-order chi connectivity index (χ1) is 11.2. The maximum atomic E-state index is 5.59. The molecule has 0 unspecified atom stereocenters. The lowest BCUT2D eigenvalue weighted by Gasteiger charge is -2.14. The van der Waals surface area contributed by atoms with Crippen molar-refractivity contribution in [3.05, 3.63) is 59.4 Å². The average molecular weight is 440 g/mol. The van der Waals surface area contributed by atoms with E-state index in [4.69, 9.17) is 4.74 Å². The molecule has 5 nitrogen and oxygen atoms in total. The molecule has 0 bridgehead atoms. The summed E-state index contributed by atoms with van der Waals surface area (Å²) in [6, 6.07) is 10.2. The van der Waals surface area contributed by atoms with Gasteiger partial charge in [0.05, 0.1) is 12.7 Å². The Hall–Kier alpha value is -1.83. The van der Waals surface area contributed by atoms with Gasteiger partial charge in [0.2, 0.25) is 0 Å². The highest BCUT2D eigenvalue weighted by Gasteiger charge is 2.01. The zero-order valence-electron chi connectivity index (χ0n) is 14.4. The van der Waals surface area contributed by atoms with E-state index in [1.165, 1.54) is 16.7 Å². The van der Waals surface area contributed by atoms with Gasteiger partial charge in [-0.15, -0.1) is 24.0 Å². The molecule has 6 heteroatoms. The predicted molar refractivity (Wildman–Crippen MR) is 109 cm³/mol. The van der Waals surface area contributed by atoms with E-state index >= 15 is 0 Å². The van der Waals surface area contributed by atoms with Gasteiger partial charge in [0.25, 0.3) is 0 Å². The van der Waals surface area contributed by atoms with Crippen LogP contribution < -0.4 is 15.4 Å². The topological polar surface area (TPSA) is 58.5 Å². The first-order valence-electron chi connectivity index (χ1n) is 7.72. The Kier molecular flexibility index (Phi) is 9.14. The molecule has 0 atom stereocenters. The second-order valence-corrected chi connectivity index (χ2v) is 5.32. The molecule has 0 aliphatic heterocycles. The molecule has 0 amide bonds. The highest BCUT2D eigenvalue weighted by molar-refractivity contribution is 14.0. The molecule has 1 heterocycles. The fourth-order valence-electron chi connectivity index (χ4n) is 2.21. The van der Waals surface area contributed by atoms with Gasteiger partial charge in [0.15, 0.2) is 5.96 Å². The summed E-state index contributed by atoms with van der Waals surface area (Å²) in [5.74, 6) is 1.53. The normalized spacial score (nSPS) is 10.7. The van der Waals surface area contributed by atoms with Crippen LogP contribution in [0.3, 0.4) is 0 Å². The number of hydrogen-bond donors (Lipinski definition) is 2. The molecule has 1 aromatic carbocycles. The van der Waals surface area contributed by atoms with E-state index in [9.17, 15) is 0 Å². The van der Waals surface area contributed by atoms with Gasteiger partial charge < -0.3 is 15.4 Å². The zero-order chi connectivity index (χ0) is 16.5. The van der Waals surface area contributed by atoms with Crippen molar-refractivity contribution in [2.45, 2.75) is 20.4 Å². The van der Waals surface area contributed by atoms with Crippen LogP contribution in [0.5, 0.6) is 5.75 Å². The third-order valence-corrected chi connectivity index (χ3v) is 3.47. The minimum absolute atomic E-state index is 0. The van der Waals surface area contributed by atoms with Gasteiger partial charge in [-0.25, -0.2) is 0 Å². The summed E-state index contributed by atoms with van der Waals surface area (Å²) in [7, 11) is 1.76. The second-order valence-electron chi connectivity index (χ2n) is 5.32. The standard InChI is InChI=1S/C18H24N4O.HI/c1-14-6-7-16(15(2)11-14)12-22-18(19-3)21-9-10-23-17-5-4-8-20-13-17;/h4-8,11,13H,9-10,12H2,1-3H3,(H2,19,21,22);1H. The van der Waals surface area contributed by atoms with E-state index in [1.54, 1.807) is 19.4 Å². The molecular formula is C18H25IN4O. The number of hydrogen-bond acceptors (Lipinski definition) is 3. The molecule has 2 N–H and O–H groups in total. The number of rotatable bonds is 6. The summed E-state index contributed by atoms with van der Waals surface area (Å²) in [5, 5.41) is 6.55. The Balaban J connectivity index is 0.00000288. The molecule has 0 spiro atoms. The summed E-state index contributed by atoms with van der Waals surface area (Å²) < 4.78 is 5.59. The number of halogens is 1. The molecule has 24 heavy (non-hydrogen) atoms. The van der Waals surface area contributed by atoms with Crippen LogP contribution in [0.15, 0.2) is 47.7 Å². The number of guanidine groups is 1. The molecule has 0 saturated carbocycles. The molecule has 130 valence electrons. The van der Waals surface area contributed by atoms with Crippen molar-refractivity contribution < 1.29 is 4.74 Å². The van der Waals surface area contributed by atoms with Crippen LogP contribution >= 0.6 is 24.0 Å². The van der Waals surface area contributed by atoms with Crippen molar-refractivity contribution in [3.63, 3.8) is 0 Å². The SMILES string of the molecule is CN=C(NCCOc1cccnc1)NCc1ccc(C)cc1C.I. The summed E-state index contributed by atoms with van der Waals surface area (Å²) in [5.41, 5.74) is 3.83. The van der Waals surface area contributed by atoms with Crippen LogP contribution in [-0.4, -0.2) is 31.1 Å². The average Bonchev–Trinajstić information content (AvgIpc) is 2.56. The fourth-order valence-corrected chi connectivity index (χ4v) is 2.21. The van der Waals surface area contributed by atoms with E-state index in [1.807, 2.05) is 12.1 Å². The van der Waals surface area contributed by atoms with Crippen LogP contribution in [0, 0.1) is 13.8 Å². The van der Waals surface area contributed by atoms with Crippen LogP contribution in [0.4, 0.5) is 0 Å². The molecule has 0 radical (unpaired) electrons. The number of pyridine rings is 1. The Morgan fingerprint density at radius 1 is 1.21 bits per heavy atom. The lowest BCUT2D eigenvalue weighted by atomic mass is 10.1. The van der Waals surface area contributed by atoms with Crippen LogP contribution in [0.25, 0.3) is 0 Å². The van der Waals surface area contributed by atoms with Crippen molar-refractivity contribution in [1.29, 1.82) is 0 Å². The number of nitrogens with one attached hydrogen (secondary N) is 2. The lowest BCUT2D eigenvalue weighted by molar-refractivity contribution is 0.320. The van der Waals surface area contributed by atoms with Crippen LogP contribution in [-0.2, 0) is 6.54 Å². The highest BCUT2D eigenvalue weighted by atomic mass is 127. The molecule has 1 aromatic heterocycles. The Labute approximate surface area is 161 Å². The van der Waals surface area contributed by atoms with E-state index in [0.29, 0.717) is 13.2 Å². The van der Waals surface area contributed by atoms with Gasteiger partial charge in [-0.3, -0.25) is 9.98 Å². The number of aryl methyl sites for hydroxylation is 2. The Morgan fingerprint density at radius 2 is 2.04 bits per heavy atom. The first-order valence-corrected chi connectivity index (χ1v) is 7.72. The molecule has 0 aliphatic rings. The molecular weight excluding hydrogens is 415 g/mol. The van der Waals surface area contributed by atoms with Crippen molar-refractivity contribution in [2.75, 3.05) is 20.2 Å². The predicted octanol–water partition coefficient (Wildman–Crippen LogP) is 3.06. The van der Waals surface area contributed by atoms with E-state index in [2.05, 4.69) is 52.7 Å². The van der Waals surface area contributed by atoms with Crippen molar-refractivity contribution in [2.24, 2.45) is 4.99 Å². The van der Waals surface area contributed by atoms with Crippen LogP contribution in [0.1, 0.15) is 16.7 Å². The van der Waals surface area contributed by atoms with E-state index < -0.39 is 0 Å². The zero-order valence-corrected chi connectivity index (χ0v) is 16.7. The summed E-state index contributed by atoms with van der Waals surface area (Å²) in [4.78, 5) is 8.23. The smallest absolute Gasteiger partial charge is 0.191 e. The second kappa shape index (κ2) is 10.9. The largest absolute Gasteiger partial charge is 0.490 e. The Bertz CT molecular complexity index is 647. The summed E-state index contributed by atoms with van der Waals surface area (Å²) >= 11 is 0. The number of nitrogens with zero attached hydrogens (tertiary/aromatic N) is 2. The minimum Gasteiger partial charge on any atom is -0.490 e. The van der Waals surface area contributed by atoms with Crippen LogP contribution in [0.2, 0.25) is 0 Å². The number of benzene rings is 1. The van der Waals surface area contributed by atoms with Crippen molar-refractivity contribution in [3.8, 4) is 5.75 Å². The van der Waals surface area contributed by atoms with Gasteiger partial charge in [0.1, 0.15) is 12.4 Å². The van der Waals surface area contributed by atoms with E-state index in [0.717, 1.165) is 18.3 Å². The molecule has 0 saturated heterocycles. The van der Waals surface area contributed by atoms with Gasteiger partial charge in [-0.05, 0) is 37.1 Å². The monoisotopic (exact) mass is 440 g/mol.